The lowest BCUT2D eigenvalue weighted by atomic mass is 10.3. The first kappa shape index (κ1) is 8.62. The lowest BCUT2D eigenvalue weighted by Gasteiger charge is -1.98. The maximum atomic E-state index is 11.5. The number of nitrogens with two attached hydrogens (primary N) is 1. The third-order valence-electron chi connectivity index (χ3n) is 2.11. The van der Waals surface area contributed by atoms with E-state index in [-0.39, 0.29) is 5.69 Å². The van der Waals surface area contributed by atoms with Crippen LogP contribution in [0.2, 0.25) is 0 Å². The Balaban J connectivity index is 2.79. The van der Waals surface area contributed by atoms with Crippen molar-refractivity contribution < 1.29 is 0 Å². The van der Waals surface area contributed by atoms with Crippen molar-refractivity contribution in [3.63, 3.8) is 0 Å². The number of H-pyrrole nitrogens is 1. The molecular weight excluding hydrogens is 178 g/mol. The van der Waals surface area contributed by atoms with E-state index in [9.17, 15) is 4.79 Å². The van der Waals surface area contributed by atoms with Crippen molar-refractivity contribution in [1.29, 1.82) is 0 Å². The second-order valence-electron chi connectivity index (χ2n) is 3.11. The minimum atomic E-state index is -0.134. The number of fused-ring (bicyclic) bond motifs is 1. The van der Waals surface area contributed by atoms with Crippen LogP contribution in [0.3, 0.4) is 0 Å². The summed E-state index contributed by atoms with van der Waals surface area (Å²) in [5, 5.41) is 0. The minimum Gasteiger partial charge on any atom is -0.399 e. The summed E-state index contributed by atoms with van der Waals surface area (Å²) in [5.41, 5.74) is 7.77. The number of rotatable bonds is 2. The molecule has 0 saturated heterocycles. The smallest absolute Gasteiger partial charge is 0.326 e. The van der Waals surface area contributed by atoms with Crippen LogP contribution in [0, 0.1) is 0 Å². The summed E-state index contributed by atoms with van der Waals surface area (Å²) in [6.45, 7) is 4.09. The van der Waals surface area contributed by atoms with Crippen molar-refractivity contribution in [3.05, 3.63) is 41.3 Å². The Hall–Kier alpha value is -1.97. The van der Waals surface area contributed by atoms with Crippen LogP contribution in [-0.2, 0) is 6.54 Å². The Bertz CT molecular complexity index is 536. The van der Waals surface area contributed by atoms with Gasteiger partial charge in [0.2, 0.25) is 0 Å². The Morgan fingerprint density at radius 1 is 1.57 bits per heavy atom. The highest BCUT2D eigenvalue weighted by Crippen LogP contribution is 2.13. The summed E-state index contributed by atoms with van der Waals surface area (Å²) < 4.78 is 1.60. The number of nitrogens with zero attached hydrogens (tertiary/aromatic N) is 1. The van der Waals surface area contributed by atoms with Crippen LogP contribution in [0.5, 0.6) is 0 Å². The van der Waals surface area contributed by atoms with Gasteiger partial charge in [-0.15, -0.1) is 6.58 Å². The third kappa shape index (κ3) is 1.21. The van der Waals surface area contributed by atoms with Gasteiger partial charge >= 0.3 is 5.69 Å². The van der Waals surface area contributed by atoms with Crippen LogP contribution in [0.25, 0.3) is 11.0 Å². The first-order valence-corrected chi connectivity index (χ1v) is 4.31. The van der Waals surface area contributed by atoms with Crippen molar-refractivity contribution in [3.8, 4) is 0 Å². The average molecular weight is 189 g/mol. The molecule has 0 unspecified atom stereocenters. The molecule has 1 aromatic carbocycles. The highest BCUT2D eigenvalue weighted by Gasteiger charge is 2.04. The predicted molar refractivity (Wildman–Crippen MR) is 57.2 cm³/mol. The van der Waals surface area contributed by atoms with Gasteiger partial charge in [-0.25, -0.2) is 4.79 Å². The summed E-state index contributed by atoms with van der Waals surface area (Å²) in [4.78, 5) is 14.2. The molecule has 0 aliphatic carbocycles. The number of benzene rings is 1. The highest BCUT2D eigenvalue weighted by molar-refractivity contribution is 5.78. The number of hydrogen-bond donors (Lipinski definition) is 2. The molecule has 2 aromatic rings. The molecule has 0 radical (unpaired) electrons. The normalized spacial score (nSPS) is 10.6. The van der Waals surface area contributed by atoms with Crippen molar-refractivity contribution >= 4 is 16.7 Å². The molecule has 0 aliphatic heterocycles. The molecule has 72 valence electrons. The zero-order valence-electron chi connectivity index (χ0n) is 7.66. The highest BCUT2D eigenvalue weighted by atomic mass is 16.1. The molecule has 0 amide bonds. The van der Waals surface area contributed by atoms with Gasteiger partial charge in [0.1, 0.15) is 0 Å². The van der Waals surface area contributed by atoms with E-state index in [1.54, 1.807) is 28.8 Å². The molecular formula is C10H11N3O. The van der Waals surface area contributed by atoms with Crippen molar-refractivity contribution in [1.82, 2.24) is 9.55 Å². The lowest BCUT2D eigenvalue weighted by Crippen LogP contribution is -2.15. The maximum absolute atomic E-state index is 11.5. The maximum Gasteiger partial charge on any atom is 0.326 e. The molecule has 0 atom stereocenters. The van der Waals surface area contributed by atoms with Gasteiger partial charge in [0.15, 0.2) is 0 Å². The van der Waals surface area contributed by atoms with Gasteiger partial charge < -0.3 is 10.7 Å². The van der Waals surface area contributed by atoms with Gasteiger partial charge in [-0.05, 0) is 18.2 Å². The zero-order chi connectivity index (χ0) is 10.1. The fourth-order valence-electron chi connectivity index (χ4n) is 1.48. The van der Waals surface area contributed by atoms with Crippen molar-refractivity contribution in [2.75, 3.05) is 5.73 Å². The van der Waals surface area contributed by atoms with Gasteiger partial charge in [0, 0.05) is 12.2 Å². The number of allylic oxidation sites excluding steroid dienone is 1. The van der Waals surface area contributed by atoms with E-state index in [4.69, 9.17) is 5.73 Å². The molecule has 0 saturated carbocycles. The van der Waals surface area contributed by atoms with Crippen LogP contribution < -0.4 is 11.4 Å². The largest absolute Gasteiger partial charge is 0.399 e. The molecule has 2 rings (SSSR count). The zero-order valence-corrected chi connectivity index (χ0v) is 7.66. The first-order valence-electron chi connectivity index (χ1n) is 4.31. The van der Waals surface area contributed by atoms with E-state index in [0.29, 0.717) is 12.2 Å². The Morgan fingerprint density at radius 2 is 2.36 bits per heavy atom. The molecule has 1 aromatic heterocycles. The summed E-state index contributed by atoms with van der Waals surface area (Å²) in [5.74, 6) is 0. The quantitative estimate of drug-likeness (QED) is 0.548. The molecule has 4 nitrogen and oxygen atoms in total. The van der Waals surface area contributed by atoms with E-state index in [0.717, 1.165) is 11.0 Å². The van der Waals surface area contributed by atoms with Gasteiger partial charge in [-0.3, -0.25) is 4.57 Å². The van der Waals surface area contributed by atoms with Crippen LogP contribution in [-0.4, -0.2) is 9.55 Å². The summed E-state index contributed by atoms with van der Waals surface area (Å²) in [7, 11) is 0. The van der Waals surface area contributed by atoms with Gasteiger partial charge in [-0.2, -0.15) is 0 Å². The van der Waals surface area contributed by atoms with E-state index in [1.807, 2.05) is 0 Å². The average Bonchev–Trinajstić information content (AvgIpc) is 2.45. The summed E-state index contributed by atoms with van der Waals surface area (Å²) >= 11 is 0. The summed E-state index contributed by atoms with van der Waals surface area (Å²) in [6, 6.07) is 5.33. The van der Waals surface area contributed by atoms with Crippen LogP contribution in [0.4, 0.5) is 5.69 Å². The van der Waals surface area contributed by atoms with Crippen LogP contribution in [0.15, 0.2) is 35.6 Å². The second kappa shape index (κ2) is 3.06. The molecule has 3 N–H and O–H groups in total. The number of aromatic amines is 1. The van der Waals surface area contributed by atoms with Crippen molar-refractivity contribution in [2.24, 2.45) is 0 Å². The number of anilines is 1. The topological polar surface area (TPSA) is 63.8 Å². The first-order chi connectivity index (χ1) is 6.72. The fourth-order valence-corrected chi connectivity index (χ4v) is 1.48. The molecule has 1 heterocycles. The van der Waals surface area contributed by atoms with Crippen molar-refractivity contribution in [2.45, 2.75) is 6.54 Å². The van der Waals surface area contributed by atoms with Crippen LogP contribution >= 0.6 is 0 Å². The Morgan fingerprint density at radius 3 is 3.07 bits per heavy atom. The monoisotopic (exact) mass is 189 g/mol. The number of hydrogen-bond acceptors (Lipinski definition) is 2. The number of nitrogen functional groups attached to an aromatic ring is 1. The van der Waals surface area contributed by atoms with E-state index in [2.05, 4.69) is 11.6 Å². The number of nitrogens with one attached hydrogen (secondary N) is 1. The van der Waals surface area contributed by atoms with E-state index < -0.39 is 0 Å². The molecule has 0 spiro atoms. The Labute approximate surface area is 80.7 Å². The molecule has 0 bridgehead atoms. The molecule has 14 heavy (non-hydrogen) atoms. The van der Waals surface area contributed by atoms with E-state index in [1.165, 1.54) is 0 Å². The predicted octanol–water partition coefficient (Wildman–Crippen LogP) is 1.10. The van der Waals surface area contributed by atoms with Crippen LogP contribution in [0.1, 0.15) is 0 Å². The van der Waals surface area contributed by atoms with Gasteiger partial charge in [-0.1, -0.05) is 6.08 Å². The lowest BCUT2D eigenvalue weighted by molar-refractivity contribution is 0.809. The third-order valence-corrected chi connectivity index (χ3v) is 2.11. The Kier molecular flexibility index (Phi) is 1.89. The summed E-state index contributed by atoms with van der Waals surface area (Å²) in [6.07, 6.45) is 1.68. The number of aromatic nitrogens is 2. The van der Waals surface area contributed by atoms with Gasteiger partial charge in [0.05, 0.1) is 11.0 Å². The number of imidazole rings is 1. The standard InChI is InChI=1S/C10H11N3O/c1-2-5-13-9-6-7(11)3-4-8(9)12-10(13)14/h2-4,6H,1,5,11H2,(H,12,14). The minimum absolute atomic E-state index is 0.134. The van der Waals surface area contributed by atoms with E-state index >= 15 is 0 Å². The van der Waals surface area contributed by atoms with Gasteiger partial charge in [0.25, 0.3) is 0 Å². The molecule has 0 aliphatic rings. The SMILES string of the molecule is C=CCn1c(=O)[nH]c2ccc(N)cc21. The second-order valence-corrected chi connectivity index (χ2v) is 3.11. The molecule has 0 fully saturated rings. The fraction of sp³-hybridized carbons (Fsp3) is 0.100. The molecule has 4 heteroatoms.